The lowest BCUT2D eigenvalue weighted by atomic mass is 10.1. The molecule has 0 radical (unpaired) electrons. The Morgan fingerprint density at radius 3 is 2.29 bits per heavy atom. The zero-order chi connectivity index (χ0) is 15.7. The van der Waals surface area contributed by atoms with Gasteiger partial charge in [0.05, 0.1) is 10.7 Å². The fourth-order valence-corrected chi connectivity index (χ4v) is 2.28. The van der Waals surface area contributed by atoms with E-state index < -0.39 is 17.9 Å². The number of hydrogen-bond acceptors (Lipinski definition) is 2. The molecule has 1 aromatic heterocycles. The first-order valence-corrected chi connectivity index (χ1v) is 6.73. The first kappa shape index (κ1) is 15.6. The van der Waals surface area contributed by atoms with Crippen molar-refractivity contribution in [1.29, 1.82) is 0 Å². The Bertz CT molecular complexity index is 720. The summed E-state index contributed by atoms with van der Waals surface area (Å²) in [6.45, 7) is 0.314. The summed E-state index contributed by atoms with van der Waals surface area (Å²) in [7, 11) is 0. The van der Waals surface area contributed by atoms with Crippen molar-refractivity contribution in [2.45, 2.75) is 20.4 Å². The van der Waals surface area contributed by atoms with E-state index in [2.05, 4.69) is 15.9 Å². The van der Waals surface area contributed by atoms with Crippen LogP contribution in [0.5, 0.6) is 11.5 Å². The quantitative estimate of drug-likeness (QED) is 0.802. The standard InChI is InChI=1S/C14H11BrF3NO2/c1-7-3-9(16)4-8(2)13(7)21-11-6-19(14(17)18)12(20)5-10(11)15/h3-6,14H,1-2H3. The van der Waals surface area contributed by atoms with Crippen LogP contribution in [0.3, 0.4) is 0 Å². The number of rotatable bonds is 3. The molecule has 0 aliphatic carbocycles. The Morgan fingerprint density at radius 1 is 1.19 bits per heavy atom. The Balaban J connectivity index is 2.50. The predicted octanol–water partition coefficient (Wildman–Crippen LogP) is 4.55. The van der Waals surface area contributed by atoms with E-state index in [9.17, 15) is 18.0 Å². The summed E-state index contributed by atoms with van der Waals surface area (Å²) in [6, 6.07) is 3.55. The summed E-state index contributed by atoms with van der Waals surface area (Å²) < 4.78 is 44.8. The second-order valence-electron chi connectivity index (χ2n) is 4.48. The SMILES string of the molecule is Cc1cc(F)cc(C)c1Oc1cn(C(F)F)c(=O)cc1Br. The molecule has 1 heterocycles. The average Bonchev–Trinajstić information content (AvgIpc) is 2.35. The first-order chi connectivity index (χ1) is 9.79. The summed E-state index contributed by atoms with van der Waals surface area (Å²) in [5.74, 6) is -0.00163. The van der Waals surface area contributed by atoms with Crippen LogP contribution in [0.1, 0.15) is 17.7 Å². The highest BCUT2D eigenvalue weighted by Crippen LogP contribution is 2.33. The fourth-order valence-electron chi connectivity index (χ4n) is 1.90. The molecule has 112 valence electrons. The van der Waals surface area contributed by atoms with Gasteiger partial charge in [-0.1, -0.05) is 0 Å². The van der Waals surface area contributed by atoms with Gasteiger partial charge in [0, 0.05) is 6.07 Å². The molecule has 0 aliphatic heterocycles. The van der Waals surface area contributed by atoms with Crippen LogP contribution < -0.4 is 10.3 Å². The van der Waals surface area contributed by atoms with E-state index in [-0.39, 0.29) is 14.8 Å². The van der Waals surface area contributed by atoms with Crippen molar-refractivity contribution in [3.8, 4) is 11.5 Å². The third-order valence-electron chi connectivity index (χ3n) is 2.84. The lowest BCUT2D eigenvalue weighted by Crippen LogP contribution is -2.19. The van der Waals surface area contributed by atoms with Gasteiger partial charge in [0.1, 0.15) is 11.6 Å². The van der Waals surface area contributed by atoms with Gasteiger partial charge in [0.25, 0.3) is 5.56 Å². The highest BCUT2D eigenvalue weighted by Gasteiger charge is 2.15. The van der Waals surface area contributed by atoms with Crippen LogP contribution in [0.25, 0.3) is 0 Å². The van der Waals surface area contributed by atoms with Gasteiger partial charge in [0.15, 0.2) is 5.75 Å². The molecule has 0 saturated carbocycles. The molecule has 7 heteroatoms. The van der Waals surface area contributed by atoms with Gasteiger partial charge in [-0.15, -0.1) is 0 Å². The van der Waals surface area contributed by atoms with E-state index in [1.807, 2.05) is 0 Å². The predicted molar refractivity (Wildman–Crippen MR) is 75.6 cm³/mol. The number of halogens is 4. The number of aromatic nitrogens is 1. The van der Waals surface area contributed by atoms with E-state index in [0.29, 0.717) is 16.9 Å². The average molecular weight is 362 g/mol. The Kier molecular flexibility index (Phi) is 4.41. The highest BCUT2D eigenvalue weighted by atomic mass is 79.9. The zero-order valence-corrected chi connectivity index (χ0v) is 12.7. The van der Waals surface area contributed by atoms with Crippen molar-refractivity contribution in [2.75, 3.05) is 0 Å². The van der Waals surface area contributed by atoms with Crippen molar-refractivity contribution in [2.24, 2.45) is 0 Å². The largest absolute Gasteiger partial charge is 0.454 e. The van der Waals surface area contributed by atoms with Crippen LogP contribution in [0, 0.1) is 19.7 Å². The van der Waals surface area contributed by atoms with Gasteiger partial charge in [-0.05, 0) is 53.0 Å². The van der Waals surface area contributed by atoms with Crippen LogP contribution in [-0.2, 0) is 0 Å². The summed E-state index contributed by atoms with van der Waals surface area (Å²) in [4.78, 5) is 11.4. The van der Waals surface area contributed by atoms with Crippen molar-refractivity contribution < 1.29 is 17.9 Å². The van der Waals surface area contributed by atoms with E-state index in [1.165, 1.54) is 12.1 Å². The number of ether oxygens (including phenoxy) is 1. The molecule has 1 aromatic carbocycles. The second-order valence-corrected chi connectivity index (χ2v) is 5.33. The summed E-state index contributed by atoms with van der Waals surface area (Å²) >= 11 is 3.09. The van der Waals surface area contributed by atoms with Gasteiger partial charge in [0.2, 0.25) is 0 Å². The molecule has 3 nitrogen and oxygen atoms in total. The van der Waals surface area contributed by atoms with Crippen molar-refractivity contribution in [3.05, 3.63) is 56.2 Å². The molecule has 0 aliphatic rings. The number of hydrogen-bond donors (Lipinski definition) is 0. The number of pyridine rings is 1. The maximum absolute atomic E-state index is 13.2. The number of alkyl halides is 2. The van der Waals surface area contributed by atoms with Gasteiger partial charge in [-0.2, -0.15) is 8.78 Å². The van der Waals surface area contributed by atoms with E-state index in [4.69, 9.17) is 4.74 Å². The third kappa shape index (κ3) is 3.29. The maximum Gasteiger partial charge on any atom is 0.321 e. The second kappa shape index (κ2) is 5.93. The van der Waals surface area contributed by atoms with Crippen LogP contribution >= 0.6 is 15.9 Å². The number of benzene rings is 1. The molecule has 0 N–H and O–H groups in total. The normalized spacial score (nSPS) is 11.0. The molecule has 0 unspecified atom stereocenters. The number of aryl methyl sites for hydroxylation is 2. The molecule has 2 aromatic rings. The molecular formula is C14H11BrF3NO2. The first-order valence-electron chi connectivity index (χ1n) is 5.94. The Morgan fingerprint density at radius 2 is 1.76 bits per heavy atom. The smallest absolute Gasteiger partial charge is 0.321 e. The van der Waals surface area contributed by atoms with Crippen LogP contribution in [0.4, 0.5) is 13.2 Å². The molecular weight excluding hydrogens is 351 g/mol. The molecule has 0 fully saturated rings. The van der Waals surface area contributed by atoms with E-state index in [0.717, 1.165) is 12.3 Å². The minimum atomic E-state index is -2.97. The molecule has 2 rings (SSSR count). The van der Waals surface area contributed by atoms with Crippen molar-refractivity contribution in [3.63, 3.8) is 0 Å². The van der Waals surface area contributed by atoms with Gasteiger partial charge >= 0.3 is 6.55 Å². The van der Waals surface area contributed by atoms with Crippen molar-refractivity contribution in [1.82, 2.24) is 4.57 Å². The summed E-state index contributed by atoms with van der Waals surface area (Å²) in [5, 5.41) is 0. The zero-order valence-electron chi connectivity index (χ0n) is 11.2. The molecule has 0 saturated heterocycles. The van der Waals surface area contributed by atoms with Crippen LogP contribution in [-0.4, -0.2) is 4.57 Å². The lowest BCUT2D eigenvalue weighted by Gasteiger charge is -2.14. The summed E-state index contributed by atoms with van der Waals surface area (Å²) in [5.41, 5.74) is 0.195. The molecule has 0 atom stereocenters. The number of nitrogens with zero attached hydrogens (tertiary/aromatic N) is 1. The molecule has 0 bridgehead atoms. The van der Waals surface area contributed by atoms with E-state index in [1.54, 1.807) is 13.8 Å². The topological polar surface area (TPSA) is 31.2 Å². The Hall–Kier alpha value is -1.76. The Labute approximate surface area is 127 Å². The molecule has 0 spiro atoms. The van der Waals surface area contributed by atoms with Gasteiger partial charge in [-0.3, -0.25) is 9.36 Å². The summed E-state index contributed by atoms with van der Waals surface area (Å²) in [6.07, 6.45) is 0.916. The van der Waals surface area contributed by atoms with E-state index >= 15 is 0 Å². The monoisotopic (exact) mass is 361 g/mol. The third-order valence-corrected chi connectivity index (χ3v) is 3.46. The van der Waals surface area contributed by atoms with Crippen LogP contribution in [0.15, 0.2) is 33.7 Å². The minimum absolute atomic E-state index is 0.0488. The van der Waals surface area contributed by atoms with Crippen LogP contribution in [0.2, 0.25) is 0 Å². The van der Waals surface area contributed by atoms with Crippen molar-refractivity contribution >= 4 is 15.9 Å². The lowest BCUT2D eigenvalue weighted by molar-refractivity contribution is 0.0656. The van der Waals surface area contributed by atoms with Gasteiger partial charge in [-0.25, -0.2) is 4.39 Å². The maximum atomic E-state index is 13.2. The highest BCUT2D eigenvalue weighted by molar-refractivity contribution is 9.10. The molecule has 21 heavy (non-hydrogen) atoms. The van der Waals surface area contributed by atoms with Gasteiger partial charge < -0.3 is 4.74 Å². The minimum Gasteiger partial charge on any atom is -0.454 e. The molecule has 0 amide bonds. The fraction of sp³-hybridized carbons (Fsp3) is 0.214.